The zero-order valence-corrected chi connectivity index (χ0v) is 16.9. The maximum absolute atomic E-state index is 13.3. The predicted molar refractivity (Wildman–Crippen MR) is 108 cm³/mol. The van der Waals surface area contributed by atoms with E-state index in [4.69, 9.17) is 9.47 Å². The van der Waals surface area contributed by atoms with Crippen molar-refractivity contribution in [1.29, 1.82) is 0 Å². The zero-order chi connectivity index (χ0) is 20.0. The summed E-state index contributed by atoms with van der Waals surface area (Å²) in [5, 5.41) is 8.79. The van der Waals surface area contributed by atoms with Gasteiger partial charge in [-0.25, -0.2) is 4.39 Å². The van der Waals surface area contributed by atoms with Crippen molar-refractivity contribution in [1.82, 2.24) is 14.6 Å². The number of ether oxygens (including phenoxy) is 2. The number of methoxy groups -OCH3 is 1. The second kappa shape index (κ2) is 7.10. The summed E-state index contributed by atoms with van der Waals surface area (Å²) in [6.07, 6.45) is 8.03. The molecule has 6 heteroatoms. The molecule has 2 heterocycles. The van der Waals surface area contributed by atoms with E-state index in [1.807, 2.05) is 24.4 Å². The van der Waals surface area contributed by atoms with Crippen molar-refractivity contribution in [3.05, 3.63) is 59.3 Å². The van der Waals surface area contributed by atoms with Gasteiger partial charge in [-0.1, -0.05) is 12.1 Å². The lowest BCUT2D eigenvalue weighted by Crippen LogP contribution is -2.37. The number of benzene rings is 1. The van der Waals surface area contributed by atoms with E-state index in [0.29, 0.717) is 5.92 Å². The molecule has 0 atom stereocenters. The van der Waals surface area contributed by atoms with E-state index in [9.17, 15) is 4.39 Å². The molecule has 0 radical (unpaired) electrons. The number of nitrogens with zero attached hydrogens (tertiary/aromatic N) is 3. The van der Waals surface area contributed by atoms with E-state index in [1.165, 1.54) is 25.0 Å². The van der Waals surface area contributed by atoms with Crippen molar-refractivity contribution in [2.24, 2.45) is 0 Å². The van der Waals surface area contributed by atoms with Gasteiger partial charge >= 0.3 is 0 Å². The van der Waals surface area contributed by atoms with Crippen LogP contribution in [0.3, 0.4) is 0 Å². The summed E-state index contributed by atoms with van der Waals surface area (Å²) in [7, 11) is 1.74. The van der Waals surface area contributed by atoms with Gasteiger partial charge in [0, 0.05) is 24.8 Å². The van der Waals surface area contributed by atoms with Gasteiger partial charge in [-0.15, -0.1) is 10.2 Å². The smallest absolute Gasteiger partial charge is 0.167 e. The Labute approximate surface area is 169 Å². The second-order valence-corrected chi connectivity index (χ2v) is 8.35. The Bertz CT molecular complexity index is 1020. The van der Waals surface area contributed by atoms with Gasteiger partial charge in [0.15, 0.2) is 5.65 Å². The van der Waals surface area contributed by atoms with Gasteiger partial charge in [-0.3, -0.25) is 4.40 Å². The minimum absolute atomic E-state index is 0.130. The lowest BCUT2D eigenvalue weighted by atomic mass is 9.78. The third-order valence-electron chi connectivity index (χ3n) is 6.54. The average Bonchev–Trinajstić information content (AvgIpc) is 3.50. The van der Waals surface area contributed by atoms with Crippen LogP contribution in [0, 0.1) is 12.7 Å². The monoisotopic (exact) mass is 395 g/mol. The number of aromatic nitrogens is 3. The van der Waals surface area contributed by atoms with Crippen LogP contribution >= 0.6 is 0 Å². The molecule has 2 fully saturated rings. The normalized spacial score (nSPS) is 24.7. The summed E-state index contributed by atoms with van der Waals surface area (Å²) in [5.74, 6) is 2.28. The van der Waals surface area contributed by atoms with Gasteiger partial charge < -0.3 is 9.47 Å². The Hall–Kier alpha value is -2.47. The largest absolute Gasteiger partial charge is 0.490 e. The van der Waals surface area contributed by atoms with E-state index in [0.717, 1.165) is 54.0 Å². The fourth-order valence-electron chi connectivity index (χ4n) is 4.55. The molecule has 1 aromatic carbocycles. The minimum Gasteiger partial charge on any atom is -0.490 e. The summed E-state index contributed by atoms with van der Waals surface area (Å²) >= 11 is 0. The van der Waals surface area contributed by atoms with Crippen LogP contribution < -0.4 is 4.74 Å². The molecule has 0 amide bonds. The molecule has 0 aliphatic heterocycles. The van der Waals surface area contributed by atoms with E-state index in [-0.39, 0.29) is 17.5 Å². The highest BCUT2D eigenvalue weighted by molar-refractivity contribution is 5.54. The second-order valence-electron chi connectivity index (χ2n) is 8.35. The SMILES string of the molecule is COC1(c2ccc(F)cc2)CCC(Oc2ccn3c(C4CC4)nnc3c2C)CC1. The number of halogens is 1. The molecule has 0 saturated heterocycles. The van der Waals surface area contributed by atoms with Gasteiger partial charge in [-0.2, -0.15) is 0 Å². The van der Waals surface area contributed by atoms with Crippen molar-refractivity contribution in [3.8, 4) is 5.75 Å². The molecule has 0 bridgehead atoms. The van der Waals surface area contributed by atoms with Crippen molar-refractivity contribution in [2.75, 3.05) is 7.11 Å². The van der Waals surface area contributed by atoms with Gasteiger partial charge in [0.05, 0.1) is 11.7 Å². The van der Waals surface area contributed by atoms with Gasteiger partial charge in [0.2, 0.25) is 0 Å². The van der Waals surface area contributed by atoms with Crippen LogP contribution in [0.4, 0.5) is 4.39 Å². The summed E-state index contributed by atoms with van der Waals surface area (Å²) in [4.78, 5) is 0. The van der Waals surface area contributed by atoms with E-state index < -0.39 is 0 Å². The highest BCUT2D eigenvalue weighted by Crippen LogP contribution is 2.42. The molecule has 5 rings (SSSR count). The van der Waals surface area contributed by atoms with Crippen LogP contribution in [0.1, 0.15) is 61.4 Å². The van der Waals surface area contributed by atoms with Crippen molar-refractivity contribution >= 4 is 5.65 Å². The summed E-state index contributed by atoms with van der Waals surface area (Å²) in [6.45, 7) is 2.05. The Balaban J connectivity index is 1.31. The highest BCUT2D eigenvalue weighted by atomic mass is 19.1. The molecule has 5 nitrogen and oxygen atoms in total. The topological polar surface area (TPSA) is 48.7 Å². The maximum Gasteiger partial charge on any atom is 0.167 e. The van der Waals surface area contributed by atoms with Crippen molar-refractivity contribution in [3.63, 3.8) is 0 Å². The molecule has 2 aliphatic rings. The molecule has 2 aromatic heterocycles. The number of hydrogen-bond donors (Lipinski definition) is 0. The van der Waals surface area contributed by atoms with Crippen LogP contribution in [0.5, 0.6) is 5.75 Å². The van der Waals surface area contributed by atoms with Crippen LogP contribution in [0.25, 0.3) is 5.65 Å². The van der Waals surface area contributed by atoms with Crippen LogP contribution in [0.2, 0.25) is 0 Å². The molecule has 2 aliphatic carbocycles. The molecule has 0 spiro atoms. The lowest BCUT2D eigenvalue weighted by Gasteiger charge is -2.39. The van der Waals surface area contributed by atoms with Crippen molar-refractivity contribution < 1.29 is 13.9 Å². The average molecular weight is 395 g/mol. The fraction of sp³-hybridized carbons (Fsp3) is 0.478. The van der Waals surface area contributed by atoms with Gasteiger partial charge in [0.25, 0.3) is 0 Å². The quantitative estimate of drug-likeness (QED) is 0.615. The summed E-state index contributed by atoms with van der Waals surface area (Å²) in [6, 6.07) is 8.72. The van der Waals surface area contributed by atoms with Crippen LogP contribution in [-0.2, 0) is 10.3 Å². The van der Waals surface area contributed by atoms with E-state index in [2.05, 4.69) is 21.5 Å². The molecular formula is C23H26FN3O2. The van der Waals surface area contributed by atoms with Gasteiger partial charge in [0.1, 0.15) is 17.4 Å². The Morgan fingerprint density at radius 2 is 1.76 bits per heavy atom. The van der Waals surface area contributed by atoms with E-state index >= 15 is 0 Å². The Morgan fingerprint density at radius 3 is 2.41 bits per heavy atom. The summed E-state index contributed by atoms with van der Waals surface area (Å²) in [5.41, 5.74) is 2.60. The Kier molecular flexibility index (Phi) is 4.54. The molecule has 2 saturated carbocycles. The molecule has 29 heavy (non-hydrogen) atoms. The molecule has 3 aromatic rings. The zero-order valence-electron chi connectivity index (χ0n) is 16.9. The predicted octanol–water partition coefficient (Wildman–Crippen LogP) is 4.92. The summed E-state index contributed by atoms with van der Waals surface area (Å²) < 4.78 is 27.7. The Morgan fingerprint density at radius 1 is 1.03 bits per heavy atom. The first-order chi connectivity index (χ1) is 14.1. The highest BCUT2D eigenvalue weighted by Gasteiger charge is 2.38. The third-order valence-corrected chi connectivity index (χ3v) is 6.54. The first kappa shape index (κ1) is 18.6. The number of aryl methyl sites for hydroxylation is 1. The number of pyridine rings is 1. The third kappa shape index (κ3) is 3.29. The van der Waals surface area contributed by atoms with Crippen LogP contribution in [-0.4, -0.2) is 27.8 Å². The standard InChI is InChI=1S/C23H26FN3O2/c1-15-20(11-14-27-21(15)25-26-22(27)16-3-4-16)29-19-9-12-23(28-2,13-10-19)17-5-7-18(24)8-6-17/h5-8,11,14,16,19H,3-4,9-10,12-13H2,1-2H3. The number of fused-ring (bicyclic) bond motifs is 1. The molecule has 0 unspecified atom stereocenters. The minimum atomic E-state index is -0.362. The lowest BCUT2D eigenvalue weighted by molar-refractivity contribution is -0.0650. The first-order valence-corrected chi connectivity index (χ1v) is 10.4. The van der Waals surface area contributed by atoms with Crippen molar-refractivity contribution in [2.45, 2.75) is 63.1 Å². The number of hydrogen-bond acceptors (Lipinski definition) is 4. The van der Waals surface area contributed by atoms with E-state index in [1.54, 1.807) is 7.11 Å². The van der Waals surface area contributed by atoms with Crippen LogP contribution in [0.15, 0.2) is 36.5 Å². The molecule has 0 N–H and O–H groups in total. The fourth-order valence-corrected chi connectivity index (χ4v) is 4.55. The molecule has 152 valence electrons. The number of rotatable bonds is 5. The maximum atomic E-state index is 13.3. The molecular weight excluding hydrogens is 369 g/mol. The first-order valence-electron chi connectivity index (χ1n) is 10.4. The van der Waals surface area contributed by atoms with Gasteiger partial charge in [-0.05, 0) is 69.2 Å².